The number of aryl methyl sites for hydroxylation is 1. The van der Waals surface area contributed by atoms with Crippen LogP contribution in [-0.2, 0) is 12.8 Å². The number of aromatic nitrogens is 4. The molecule has 0 aliphatic carbocycles. The molecule has 3 aromatic heterocycles. The molecule has 0 N–H and O–H groups in total. The summed E-state index contributed by atoms with van der Waals surface area (Å²) >= 11 is 0. The zero-order valence-electron chi connectivity index (χ0n) is 30.1. The van der Waals surface area contributed by atoms with Crippen LogP contribution in [0.1, 0.15) is 25.2 Å². The highest BCUT2D eigenvalue weighted by molar-refractivity contribution is 6.09. The van der Waals surface area contributed by atoms with Gasteiger partial charge >= 0.3 is 0 Å². The Kier molecular flexibility index (Phi) is 8.56. The van der Waals surface area contributed by atoms with Crippen LogP contribution in [0.2, 0.25) is 0 Å². The minimum Gasteiger partial charge on any atom is -0.457 e. The Morgan fingerprint density at radius 1 is 0.574 bits per heavy atom. The van der Waals surface area contributed by atoms with Crippen LogP contribution >= 0.6 is 0 Å². The largest absolute Gasteiger partial charge is 0.457 e. The smallest absolute Gasteiger partial charge is 0.140 e. The van der Waals surface area contributed by atoms with Gasteiger partial charge in [0.2, 0.25) is 0 Å². The molecule has 0 aliphatic heterocycles. The molecular formula is C48H37FN4O. The molecule has 5 nitrogen and oxygen atoms in total. The highest BCUT2D eigenvalue weighted by atomic mass is 19.1. The maximum atomic E-state index is 14.4. The van der Waals surface area contributed by atoms with Crippen molar-refractivity contribution < 1.29 is 9.13 Å². The Hall–Kier alpha value is -6.79. The predicted molar refractivity (Wildman–Crippen MR) is 217 cm³/mol. The number of halogens is 1. The van der Waals surface area contributed by atoms with Crippen LogP contribution in [0, 0.1) is 5.82 Å². The van der Waals surface area contributed by atoms with Crippen molar-refractivity contribution in [3.63, 3.8) is 0 Å². The van der Waals surface area contributed by atoms with Gasteiger partial charge in [0.25, 0.3) is 0 Å². The van der Waals surface area contributed by atoms with Crippen LogP contribution in [0.15, 0.2) is 164 Å². The van der Waals surface area contributed by atoms with Gasteiger partial charge in [-0.25, -0.2) is 14.1 Å². The Morgan fingerprint density at radius 3 is 1.94 bits per heavy atom. The van der Waals surface area contributed by atoms with Crippen molar-refractivity contribution in [2.24, 2.45) is 0 Å². The van der Waals surface area contributed by atoms with E-state index in [1.807, 2.05) is 53.1 Å². The molecule has 0 spiro atoms. The van der Waals surface area contributed by atoms with Crippen molar-refractivity contribution in [2.75, 3.05) is 0 Å². The third-order valence-electron chi connectivity index (χ3n) is 10.1. The van der Waals surface area contributed by atoms with E-state index in [0.717, 1.165) is 51.7 Å². The van der Waals surface area contributed by atoms with Crippen molar-refractivity contribution in [3.8, 4) is 56.4 Å². The van der Waals surface area contributed by atoms with E-state index in [-0.39, 0.29) is 5.82 Å². The van der Waals surface area contributed by atoms with Gasteiger partial charge in [-0.05, 0) is 71.5 Å². The summed E-state index contributed by atoms with van der Waals surface area (Å²) in [7, 11) is 0. The predicted octanol–water partition coefficient (Wildman–Crippen LogP) is 12.4. The van der Waals surface area contributed by atoms with E-state index in [4.69, 9.17) is 9.84 Å². The van der Waals surface area contributed by atoms with Crippen LogP contribution < -0.4 is 4.74 Å². The molecule has 6 aromatic carbocycles. The second kappa shape index (κ2) is 14.0. The Labute approximate surface area is 313 Å². The summed E-state index contributed by atoms with van der Waals surface area (Å²) in [5.41, 5.74) is 12.0. The van der Waals surface area contributed by atoms with Gasteiger partial charge in [0.1, 0.15) is 23.1 Å². The monoisotopic (exact) mass is 704 g/mol. The molecule has 9 rings (SSSR count). The van der Waals surface area contributed by atoms with E-state index in [9.17, 15) is 4.39 Å². The number of fused-ring (bicyclic) bond motifs is 3. The summed E-state index contributed by atoms with van der Waals surface area (Å²) in [6, 6.07) is 52.9. The lowest BCUT2D eigenvalue weighted by Crippen LogP contribution is -2.03. The van der Waals surface area contributed by atoms with E-state index in [1.54, 1.807) is 0 Å². The summed E-state index contributed by atoms with van der Waals surface area (Å²) in [5.74, 6) is 1.52. The molecule has 9 aromatic rings. The third-order valence-corrected chi connectivity index (χ3v) is 10.1. The van der Waals surface area contributed by atoms with Gasteiger partial charge in [-0.1, -0.05) is 117 Å². The maximum absolute atomic E-state index is 14.4. The van der Waals surface area contributed by atoms with Crippen LogP contribution in [0.3, 0.4) is 0 Å². The quantitative estimate of drug-likeness (QED) is 0.150. The van der Waals surface area contributed by atoms with Crippen molar-refractivity contribution in [1.29, 1.82) is 0 Å². The number of rotatable bonds is 9. The minimum absolute atomic E-state index is 0.338. The SMILES string of the molecule is CCc1nn(-c2cccc(Oc3ccc4c5ccccc5n(-c5cc(F)ccn5)c4c3)c2)c(CC)c1-c1c(-c2ccccc2)cccc1-c1ccccc1. The number of para-hydroxylation sites is 1. The van der Waals surface area contributed by atoms with Crippen molar-refractivity contribution in [2.45, 2.75) is 26.7 Å². The third kappa shape index (κ3) is 5.82. The molecule has 0 fully saturated rings. The first-order valence-electron chi connectivity index (χ1n) is 18.4. The average Bonchev–Trinajstić information content (AvgIpc) is 3.76. The standard InChI is InChI=1S/C48H37FN4O/c1-3-42-48(47-38(32-15-7-5-8-16-32)22-14-23-39(47)33-17-9-6-10-18-33)43(4-2)53(51-42)35-19-13-20-36(30-35)54-37-25-26-41-40-21-11-12-24-44(40)52(45(41)31-37)46-29-34(49)27-28-50-46/h5-31H,3-4H2,1-2H3. The van der Waals surface area contributed by atoms with Gasteiger partial charge in [0, 0.05) is 46.3 Å². The fraction of sp³-hybridized carbons (Fsp3) is 0.0833. The maximum Gasteiger partial charge on any atom is 0.140 e. The highest BCUT2D eigenvalue weighted by Gasteiger charge is 2.24. The van der Waals surface area contributed by atoms with Crippen molar-refractivity contribution in [1.82, 2.24) is 19.3 Å². The molecular weight excluding hydrogens is 668 g/mol. The van der Waals surface area contributed by atoms with E-state index in [0.29, 0.717) is 17.3 Å². The lowest BCUT2D eigenvalue weighted by Gasteiger charge is -2.18. The molecule has 0 unspecified atom stereocenters. The molecule has 0 atom stereocenters. The number of benzene rings is 6. The van der Waals surface area contributed by atoms with E-state index >= 15 is 0 Å². The van der Waals surface area contributed by atoms with Gasteiger partial charge in [0.15, 0.2) is 0 Å². The molecule has 0 aliphatic rings. The number of hydrogen-bond donors (Lipinski definition) is 0. The lowest BCUT2D eigenvalue weighted by atomic mass is 9.86. The molecule has 3 heterocycles. The average molecular weight is 705 g/mol. The molecule has 0 saturated carbocycles. The molecule has 0 saturated heterocycles. The number of nitrogens with zero attached hydrogens (tertiary/aromatic N) is 4. The lowest BCUT2D eigenvalue weighted by molar-refractivity contribution is 0.482. The van der Waals surface area contributed by atoms with Crippen LogP contribution in [0.4, 0.5) is 4.39 Å². The summed E-state index contributed by atoms with van der Waals surface area (Å²) in [6.45, 7) is 4.38. The van der Waals surface area contributed by atoms with E-state index in [2.05, 4.69) is 121 Å². The van der Waals surface area contributed by atoms with Gasteiger partial charge < -0.3 is 4.74 Å². The zero-order valence-corrected chi connectivity index (χ0v) is 30.1. The van der Waals surface area contributed by atoms with E-state index < -0.39 is 0 Å². The van der Waals surface area contributed by atoms with Crippen molar-refractivity contribution >= 4 is 21.8 Å². The molecule has 0 bridgehead atoms. The van der Waals surface area contributed by atoms with E-state index in [1.165, 1.54) is 51.7 Å². The first-order valence-corrected chi connectivity index (χ1v) is 18.4. The number of hydrogen-bond acceptors (Lipinski definition) is 3. The van der Waals surface area contributed by atoms with Crippen LogP contribution in [-0.4, -0.2) is 19.3 Å². The Balaban J connectivity index is 1.16. The molecule has 0 amide bonds. The number of ether oxygens (including phenoxy) is 1. The van der Waals surface area contributed by atoms with Gasteiger partial charge in [-0.15, -0.1) is 0 Å². The second-order valence-electron chi connectivity index (χ2n) is 13.3. The summed E-state index contributed by atoms with van der Waals surface area (Å²) < 4.78 is 25.1. The van der Waals surface area contributed by atoms with Crippen LogP contribution in [0.25, 0.3) is 66.7 Å². The second-order valence-corrected chi connectivity index (χ2v) is 13.3. The molecule has 54 heavy (non-hydrogen) atoms. The topological polar surface area (TPSA) is 44.9 Å². The fourth-order valence-electron chi connectivity index (χ4n) is 7.71. The Morgan fingerprint density at radius 2 is 1.24 bits per heavy atom. The zero-order chi connectivity index (χ0) is 36.6. The van der Waals surface area contributed by atoms with Gasteiger partial charge in [-0.2, -0.15) is 5.10 Å². The fourth-order valence-corrected chi connectivity index (χ4v) is 7.71. The summed E-state index contributed by atoms with van der Waals surface area (Å²) in [4.78, 5) is 4.51. The normalized spacial score (nSPS) is 11.4. The first-order chi connectivity index (χ1) is 26.6. The minimum atomic E-state index is -0.338. The van der Waals surface area contributed by atoms with Gasteiger partial charge in [0.05, 0.1) is 28.1 Å². The molecule has 6 heteroatoms. The molecule has 0 radical (unpaired) electrons. The molecule has 262 valence electrons. The first kappa shape index (κ1) is 33.1. The van der Waals surface area contributed by atoms with Gasteiger partial charge in [-0.3, -0.25) is 4.57 Å². The Bertz CT molecular complexity index is 2730. The summed E-state index contributed by atoms with van der Waals surface area (Å²) in [6.07, 6.45) is 3.05. The number of pyridine rings is 1. The highest BCUT2D eigenvalue weighted by Crippen LogP contribution is 2.44. The van der Waals surface area contributed by atoms with Crippen molar-refractivity contribution in [3.05, 3.63) is 181 Å². The van der Waals surface area contributed by atoms with Crippen LogP contribution in [0.5, 0.6) is 11.5 Å². The summed E-state index contributed by atoms with van der Waals surface area (Å²) in [5, 5.41) is 7.40.